The third-order valence-electron chi connectivity index (χ3n) is 2.40. The molecule has 1 fully saturated rings. The van der Waals surface area contributed by atoms with Crippen molar-refractivity contribution in [3.05, 3.63) is 35.4 Å². The number of rotatable bonds is 1. The van der Waals surface area contributed by atoms with Crippen LogP contribution < -0.4 is 10.6 Å². The van der Waals surface area contributed by atoms with Crippen LogP contribution in [0.5, 0.6) is 0 Å². The lowest BCUT2D eigenvalue weighted by Gasteiger charge is -2.25. The summed E-state index contributed by atoms with van der Waals surface area (Å²) in [7, 11) is 0. The van der Waals surface area contributed by atoms with Crippen LogP contribution in [0.4, 0.5) is 8.78 Å². The summed E-state index contributed by atoms with van der Waals surface area (Å²) >= 11 is 0. The summed E-state index contributed by atoms with van der Waals surface area (Å²) in [5.41, 5.74) is 0.400. The number of hydrogen-bond acceptors (Lipinski definition) is 2. The molecule has 4 heteroatoms. The first-order chi connectivity index (χ1) is 6.79. The molecule has 0 saturated carbocycles. The maximum absolute atomic E-state index is 13.3. The molecule has 1 aliphatic heterocycles. The molecule has 2 nitrogen and oxygen atoms in total. The van der Waals surface area contributed by atoms with Gasteiger partial charge in [-0.05, 0) is 6.07 Å². The molecule has 0 bridgehead atoms. The van der Waals surface area contributed by atoms with Gasteiger partial charge in [0.15, 0.2) is 11.6 Å². The van der Waals surface area contributed by atoms with E-state index in [2.05, 4.69) is 10.6 Å². The zero-order valence-electron chi connectivity index (χ0n) is 7.69. The summed E-state index contributed by atoms with van der Waals surface area (Å²) in [5, 5.41) is 6.26. The molecule has 1 atom stereocenters. The van der Waals surface area contributed by atoms with Gasteiger partial charge in [-0.2, -0.15) is 0 Å². The minimum absolute atomic E-state index is 0.126. The Kier molecular flexibility index (Phi) is 2.74. The van der Waals surface area contributed by atoms with Crippen molar-refractivity contribution < 1.29 is 8.78 Å². The smallest absolute Gasteiger partial charge is 0.163 e. The Morgan fingerprint density at radius 1 is 1.21 bits per heavy atom. The fraction of sp³-hybridized carbons (Fsp3) is 0.400. The normalized spacial score (nSPS) is 22.3. The molecule has 1 aromatic carbocycles. The van der Waals surface area contributed by atoms with Crippen molar-refractivity contribution in [1.29, 1.82) is 0 Å². The molecule has 1 aliphatic rings. The van der Waals surface area contributed by atoms with E-state index in [9.17, 15) is 8.78 Å². The highest BCUT2D eigenvalue weighted by atomic mass is 19.2. The lowest BCUT2D eigenvalue weighted by molar-refractivity contribution is 0.406. The van der Waals surface area contributed by atoms with Crippen molar-refractivity contribution in [2.24, 2.45) is 0 Å². The van der Waals surface area contributed by atoms with Gasteiger partial charge in [0.2, 0.25) is 0 Å². The topological polar surface area (TPSA) is 24.1 Å². The SMILES string of the molecule is Fc1cccc([C@H]2CNCCN2)c1F. The van der Waals surface area contributed by atoms with Gasteiger partial charge in [0.05, 0.1) is 0 Å². The van der Waals surface area contributed by atoms with Gasteiger partial charge in [-0.1, -0.05) is 12.1 Å². The Hall–Kier alpha value is -1.00. The zero-order chi connectivity index (χ0) is 9.97. The Morgan fingerprint density at radius 2 is 2.07 bits per heavy atom. The van der Waals surface area contributed by atoms with E-state index in [-0.39, 0.29) is 6.04 Å². The summed E-state index contributed by atoms with van der Waals surface area (Å²) in [6, 6.07) is 4.15. The highest BCUT2D eigenvalue weighted by Crippen LogP contribution is 2.19. The highest BCUT2D eigenvalue weighted by Gasteiger charge is 2.19. The first-order valence-corrected chi connectivity index (χ1v) is 4.67. The van der Waals surface area contributed by atoms with Crippen LogP contribution in [0, 0.1) is 11.6 Å². The molecule has 1 saturated heterocycles. The van der Waals surface area contributed by atoms with Gasteiger partial charge < -0.3 is 10.6 Å². The lowest BCUT2D eigenvalue weighted by atomic mass is 10.0. The van der Waals surface area contributed by atoms with Gasteiger partial charge in [-0.15, -0.1) is 0 Å². The fourth-order valence-electron chi connectivity index (χ4n) is 1.66. The second-order valence-corrected chi connectivity index (χ2v) is 3.35. The summed E-state index contributed by atoms with van der Waals surface area (Å²) in [6.45, 7) is 2.29. The second-order valence-electron chi connectivity index (χ2n) is 3.35. The summed E-state index contributed by atoms with van der Waals surface area (Å²) in [6.07, 6.45) is 0. The molecule has 0 spiro atoms. The molecule has 2 rings (SSSR count). The number of piperazine rings is 1. The number of hydrogen-bond donors (Lipinski definition) is 2. The Labute approximate surface area is 81.3 Å². The number of nitrogens with one attached hydrogen (secondary N) is 2. The predicted molar refractivity (Wildman–Crippen MR) is 50.0 cm³/mol. The van der Waals surface area contributed by atoms with Crippen LogP contribution in [0.2, 0.25) is 0 Å². The minimum Gasteiger partial charge on any atom is -0.314 e. The molecule has 0 aromatic heterocycles. The highest BCUT2D eigenvalue weighted by molar-refractivity contribution is 5.23. The van der Waals surface area contributed by atoms with Crippen LogP contribution in [0.25, 0.3) is 0 Å². The fourth-order valence-corrected chi connectivity index (χ4v) is 1.66. The van der Waals surface area contributed by atoms with Crippen LogP contribution in [-0.4, -0.2) is 19.6 Å². The molecule has 0 radical (unpaired) electrons. The first-order valence-electron chi connectivity index (χ1n) is 4.67. The van der Waals surface area contributed by atoms with E-state index in [0.29, 0.717) is 12.1 Å². The van der Waals surface area contributed by atoms with Gasteiger partial charge in [-0.25, -0.2) is 8.78 Å². The molecule has 0 unspecified atom stereocenters. The molecule has 1 heterocycles. The van der Waals surface area contributed by atoms with Crippen molar-refractivity contribution in [3.8, 4) is 0 Å². The van der Waals surface area contributed by atoms with Crippen LogP contribution in [0.15, 0.2) is 18.2 Å². The van der Waals surface area contributed by atoms with Gasteiger partial charge in [0.1, 0.15) is 0 Å². The largest absolute Gasteiger partial charge is 0.314 e. The molecule has 0 aliphatic carbocycles. The summed E-state index contributed by atoms with van der Waals surface area (Å²) in [5.74, 6) is -1.52. The van der Waals surface area contributed by atoms with Crippen molar-refractivity contribution in [2.45, 2.75) is 6.04 Å². The molecule has 2 N–H and O–H groups in total. The van der Waals surface area contributed by atoms with E-state index in [0.717, 1.165) is 19.2 Å². The molecule has 14 heavy (non-hydrogen) atoms. The summed E-state index contributed by atoms with van der Waals surface area (Å²) in [4.78, 5) is 0. The average Bonchev–Trinajstić information content (AvgIpc) is 2.23. The molecular formula is C10H12F2N2. The van der Waals surface area contributed by atoms with Gasteiger partial charge >= 0.3 is 0 Å². The Bertz CT molecular complexity index is 322. The van der Waals surface area contributed by atoms with Gasteiger partial charge in [0, 0.05) is 31.2 Å². The van der Waals surface area contributed by atoms with Crippen LogP contribution in [-0.2, 0) is 0 Å². The molecule has 76 valence electrons. The summed E-state index contributed by atoms with van der Waals surface area (Å²) < 4.78 is 26.3. The lowest BCUT2D eigenvalue weighted by Crippen LogP contribution is -2.43. The monoisotopic (exact) mass is 198 g/mol. The van der Waals surface area contributed by atoms with E-state index >= 15 is 0 Å². The van der Waals surface area contributed by atoms with Crippen molar-refractivity contribution in [1.82, 2.24) is 10.6 Å². The van der Waals surface area contributed by atoms with Gasteiger partial charge in [-0.3, -0.25) is 0 Å². The Morgan fingerprint density at radius 3 is 2.79 bits per heavy atom. The van der Waals surface area contributed by atoms with Crippen molar-refractivity contribution in [2.75, 3.05) is 19.6 Å². The van der Waals surface area contributed by atoms with E-state index in [1.807, 2.05) is 0 Å². The quantitative estimate of drug-likeness (QED) is 0.708. The average molecular weight is 198 g/mol. The maximum Gasteiger partial charge on any atom is 0.163 e. The van der Waals surface area contributed by atoms with Gasteiger partial charge in [0.25, 0.3) is 0 Å². The predicted octanol–water partition coefficient (Wildman–Crippen LogP) is 1.20. The third kappa shape index (κ3) is 1.76. The van der Waals surface area contributed by atoms with E-state index in [1.54, 1.807) is 6.07 Å². The standard InChI is InChI=1S/C10H12F2N2/c11-8-3-1-2-7(10(8)12)9-6-13-4-5-14-9/h1-3,9,13-14H,4-6H2/t9-/m1/s1. The third-order valence-corrected chi connectivity index (χ3v) is 2.40. The number of halogens is 2. The van der Waals surface area contributed by atoms with Crippen molar-refractivity contribution in [3.63, 3.8) is 0 Å². The van der Waals surface area contributed by atoms with E-state index in [1.165, 1.54) is 6.07 Å². The minimum atomic E-state index is -0.783. The molecular weight excluding hydrogens is 186 g/mol. The molecule has 0 amide bonds. The van der Waals surface area contributed by atoms with Crippen molar-refractivity contribution >= 4 is 0 Å². The Balaban J connectivity index is 2.26. The second kappa shape index (κ2) is 4.02. The van der Waals surface area contributed by atoms with Crippen LogP contribution in [0.1, 0.15) is 11.6 Å². The maximum atomic E-state index is 13.3. The van der Waals surface area contributed by atoms with E-state index in [4.69, 9.17) is 0 Å². The van der Waals surface area contributed by atoms with Crippen LogP contribution >= 0.6 is 0 Å². The zero-order valence-corrected chi connectivity index (χ0v) is 7.69. The van der Waals surface area contributed by atoms with Crippen LogP contribution in [0.3, 0.4) is 0 Å². The number of benzene rings is 1. The van der Waals surface area contributed by atoms with E-state index < -0.39 is 11.6 Å². The first kappa shape index (κ1) is 9.55. The molecule has 1 aromatic rings.